The van der Waals surface area contributed by atoms with E-state index in [0.717, 1.165) is 25.1 Å². The van der Waals surface area contributed by atoms with E-state index in [0.29, 0.717) is 18.2 Å². The third-order valence-electron chi connectivity index (χ3n) is 3.01. The van der Waals surface area contributed by atoms with Crippen LogP contribution >= 0.6 is 0 Å². The molecule has 1 aliphatic carbocycles. The van der Waals surface area contributed by atoms with Crippen molar-refractivity contribution in [2.45, 2.75) is 25.8 Å². The Morgan fingerprint density at radius 3 is 3.00 bits per heavy atom. The number of aliphatic hydroxyl groups excluding tert-OH is 1. The monoisotopic (exact) mass is 249 g/mol. The molecular weight excluding hydrogens is 230 g/mol. The number of anilines is 1. The molecule has 1 amide bonds. The van der Waals surface area contributed by atoms with E-state index in [9.17, 15) is 4.79 Å². The van der Waals surface area contributed by atoms with Gasteiger partial charge in [0, 0.05) is 25.3 Å². The number of rotatable bonds is 6. The molecule has 0 unspecified atom stereocenters. The Morgan fingerprint density at radius 1 is 1.61 bits per heavy atom. The Morgan fingerprint density at radius 2 is 2.39 bits per heavy atom. The van der Waals surface area contributed by atoms with E-state index in [1.165, 1.54) is 0 Å². The highest BCUT2D eigenvalue weighted by molar-refractivity contribution is 5.99. The second-order valence-corrected chi connectivity index (χ2v) is 4.40. The number of hydrogen-bond donors (Lipinski definition) is 2. The molecule has 98 valence electrons. The quantitative estimate of drug-likeness (QED) is 0.792. The smallest absolute Gasteiger partial charge is 0.256 e. The molecule has 18 heavy (non-hydrogen) atoms. The Hall–Kier alpha value is -1.62. The lowest BCUT2D eigenvalue weighted by Crippen LogP contribution is -2.35. The number of aliphatic hydroxyl groups is 1. The second-order valence-electron chi connectivity index (χ2n) is 4.40. The fraction of sp³-hybridized carbons (Fsp3) is 0.538. The van der Waals surface area contributed by atoms with Crippen LogP contribution in [0.2, 0.25) is 0 Å². The molecule has 0 aliphatic heterocycles. The summed E-state index contributed by atoms with van der Waals surface area (Å²) < 4.78 is 0. The van der Waals surface area contributed by atoms with Gasteiger partial charge in [-0.15, -0.1) is 0 Å². The van der Waals surface area contributed by atoms with Gasteiger partial charge in [-0.05, 0) is 25.8 Å². The third kappa shape index (κ3) is 2.79. The van der Waals surface area contributed by atoms with Gasteiger partial charge in [0.15, 0.2) is 0 Å². The summed E-state index contributed by atoms with van der Waals surface area (Å²) in [5, 5.41) is 12.2. The van der Waals surface area contributed by atoms with E-state index in [1.807, 2.05) is 6.92 Å². The summed E-state index contributed by atoms with van der Waals surface area (Å²) in [5.74, 6) is -0.0232. The lowest BCUT2D eigenvalue weighted by atomic mass is 10.2. The molecule has 5 heteroatoms. The minimum absolute atomic E-state index is 0.00383. The molecule has 0 aromatic carbocycles. The topological polar surface area (TPSA) is 65.5 Å². The van der Waals surface area contributed by atoms with Crippen molar-refractivity contribution in [3.63, 3.8) is 0 Å². The van der Waals surface area contributed by atoms with Crippen molar-refractivity contribution in [2.75, 3.05) is 25.0 Å². The second kappa shape index (κ2) is 5.82. The molecule has 1 aromatic heterocycles. The van der Waals surface area contributed by atoms with Gasteiger partial charge >= 0.3 is 0 Å². The van der Waals surface area contributed by atoms with E-state index >= 15 is 0 Å². The van der Waals surface area contributed by atoms with E-state index < -0.39 is 0 Å². The zero-order valence-electron chi connectivity index (χ0n) is 10.6. The van der Waals surface area contributed by atoms with Crippen molar-refractivity contribution >= 4 is 11.6 Å². The van der Waals surface area contributed by atoms with Crippen molar-refractivity contribution in [1.29, 1.82) is 0 Å². The van der Waals surface area contributed by atoms with Gasteiger partial charge in [-0.3, -0.25) is 9.78 Å². The van der Waals surface area contributed by atoms with Gasteiger partial charge in [0.05, 0.1) is 24.1 Å². The predicted molar refractivity (Wildman–Crippen MR) is 69.5 cm³/mol. The number of aromatic nitrogens is 1. The Bertz CT molecular complexity index is 418. The van der Waals surface area contributed by atoms with Crippen molar-refractivity contribution in [3.8, 4) is 0 Å². The van der Waals surface area contributed by atoms with Gasteiger partial charge in [-0.2, -0.15) is 0 Å². The van der Waals surface area contributed by atoms with Crippen LogP contribution in [0.3, 0.4) is 0 Å². The number of carbonyl (C=O) groups is 1. The molecule has 5 nitrogen and oxygen atoms in total. The number of pyridine rings is 1. The molecular formula is C13H19N3O2. The van der Waals surface area contributed by atoms with Crippen LogP contribution in [-0.4, -0.2) is 46.6 Å². The van der Waals surface area contributed by atoms with Crippen molar-refractivity contribution in [2.24, 2.45) is 0 Å². The zero-order chi connectivity index (χ0) is 13.0. The predicted octanol–water partition coefficient (Wildman–Crippen LogP) is 1.11. The highest BCUT2D eigenvalue weighted by Gasteiger charge is 2.33. The summed E-state index contributed by atoms with van der Waals surface area (Å²) in [6.45, 7) is 3.13. The molecule has 1 aliphatic rings. The van der Waals surface area contributed by atoms with Crippen molar-refractivity contribution in [3.05, 3.63) is 24.0 Å². The fourth-order valence-electron chi connectivity index (χ4n) is 2.01. The van der Waals surface area contributed by atoms with Gasteiger partial charge in [-0.25, -0.2) is 0 Å². The first-order chi connectivity index (χ1) is 8.77. The third-order valence-corrected chi connectivity index (χ3v) is 3.01. The Labute approximate surface area is 107 Å². The van der Waals surface area contributed by atoms with E-state index in [-0.39, 0.29) is 12.5 Å². The van der Waals surface area contributed by atoms with Crippen LogP contribution in [0.5, 0.6) is 0 Å². The van der Waals surface area contributed by atoms with E-state index in [2.05, 4.69) is 10.3 Å². The highest BCUT2D eigenvalue weighted by Crippen LogP contribution is 2.29. The van der Waals surface area contributed by atoms with Crippen LogP contribution in [-0.2, 0) is 0 Å². The molecule has 0 radical (unpaired) electrons. The molecule has 0 spiro atoms. The summed E-state index contributed by atoms with van der Waals surface area (Å²) in [4.78, 5) is 18.2. The summed E-state index contributed by atoms with van der Waals surface area (Å²) >= 11 is 0. The Balaban J connectivity index is 2.20. The summed E-state index contributed by atoms with van der Waals surface area (Å²) in [6, 6.07) is 2.03. The van der Waals surface area contributed by atoms with Gasteiger partial charge < -0.3 is 15.3 Å². The number of nitrogens with zero attached hydrogens (tertiary/aromatic N) is 2. The van der Waals surface area contributed by atoms with Gasteiger partial charge in [0.25, 0.3) is 5.91 Å². The van der Waals surface area contributed by atoms with Crippen LogP contribution in [0.4, 0.5) is 5.69 Å². The molecule has 0 bridgehead atoms. The molecule has 0 atom stereocenters. The van der Waals surface area contributed by atoms with E-state index in [1.54, 1.807) is 23.4 Å². The zero-order valence-corrected chi connectivity index (χ0v) is 10.6. The first kappa shape index (κ1) is 12.8. The molecule has 2 N–H and O–H groups in total. The van der Waals surface area contributed by atoms with Crippen LogP contribution in [0.1, 0.15) is 30.1 Å². The minimum Gasteiger partial charge on any atom is -0.395 e. The lowest BCUT2D eigenvalue weighted by molar-refractivity contribution is 0.0708. The lowest BCUT2D eigenvalue weighted by Gasteiger charge is -2.22. The molecule has 0 saturated heterocycles. The average Bonchev–Trinajstić information content (AvgIpc) is 3.20. The fourth-order valence-corrected chi connectivity index (χ4v) is 2.01. The first-order valence-corrected chi connectivity index (χ1v) is 6.37. The molecule has 1 heterocycles. The number of nitrogens with one attached hydrogen (secondary N) is 1. The standard InChI is InChI=1S/C13H19N3O2/c1-2-15-12-9-14-6-5-11(12)13(18)16(7-8-17)10-3-4-10/h5-6,9-10,15,17H,2-4,7-8H2,1H3. The summed E-state index contributed by atoms with van der Waals surface area (Å²) in [5.41, 5.74) is 1.39. The largest absolute Gasteiger partial charge is 0.395 e. The summed E-state index contributed by atoms with van der Waals surface area (Å²) in [6.07, 6.45) is 5.36. The van der Waals surface area contributed by atoms with E-state index in [4.69, 9.17) is 5.11 Å². The van der Waals surface area contributed by atoms with Crippen LogP contribution in [0.15, 0.2) is 18.5 Å². The van der Waals surface area contributed by atoms with Crippen molar-refractivity contribution < 1.29 is 9.90 Å². The van der Waals surface area contributed by atoms with Crippen LogP contribution in [0, 0.1) is 0 Å². The van der Waals surface area contributed by atoms with Crippen LogP contribution in [0.25, 0.3) is 0 Å². The number of hydrogen-bond acceptors (Lipinski definition) is 4. The maximum Gasteiger partial charge on any atom is 0.256 e. The maximum absolute atomic E-state index is 12.5. The number of carbonyl (C=O) groups excluding carboxylic acids is 1. The first-order valence-electron chi connectivity index (χ1n) is 6.37. The summed E-state index contributed by atoms with van der Waals surface area (Å²) in [7, 11) is 0. The maximum atomic E-state index is 12.5. The normalized spacial score (nSPS) is 14.3. The number of amides is 1. The van der Waals surface area contributed by atoms with Gasteiger partial charge in [-0.1, -0.05) is 0 Å². The van der Waals surface area contributed by atoms with Gasteiger partial charge in [0.1, 0.15) is 0 Å². The minimum atomic E-state index is -0.0232. The molecule has 1 saturated carbocycles. The SMILES string of the molecule is CCNc1cnccc1C(=O)N(CCO)C1CC1. The highest BCUT2D eigenvalue weighted by atomic mass is 16.3. The Kier molecular flexibility index (Phi) is 4.15. The van der Waals surface area contributed by atoms with Crippen LogP contribution < -0.4 is 5.32 Å². The average molecular weight is 249 g/mol. The molecule has 1 aromatic rings. The molecule has 2 rings (SSSR count). The molecule has 1 fully saturated rings. The van der Waals surface area contributed by atoms with Gasteiger partial charge in [0.2, 0.25) is 0 Å². The van der Waals surface area contributed by atoms with Crippen molar-refractivity contribution in [1.82, 2.24) is 9.88 Å².